The average molecular weight is 433 g/mol. The van der Waals surface area contributed by atoms with Gasteiger partial charge in [0.15, 0.2) is 17.0 Å². The first kappa shape index (κ1) is 19.1. The molecule has 0 radical (unpaired) electrons. The number of aryl methyl sites for hydroxylation is 1. The molecular formula is C21H20N8OS. The third-order valence-corrected chi connectivity index (χ3v) is 5.55. The quantitative estimate of drug-likeness (QED) is 0.360. The van der Waals surface area contributed by atoms with Crippen molar-refractivity contribution in [3.8, 4) is 11.4 Å². The first-order chi connectivity index (χ1) is 15.2. The summed E-state index contributed by atoms with van der Waals surface area (Å²) in [4.78, 5) is 14.0. The lowest BCUT2D eigenvalue weighted by molar-refractivity contribution is 0.475. The van der Waals surface area contributed by atoms with Gasteiger partial charge in [-0.2, -0.15) is 26.4 Å². The van der Waals surface area contributed by atoms with Gasteiger partial charge in [0.05, 0.1) is 11.9 Å². The molecule has 9 nitrogen and oxygen atoms in total. The number of aromatic hydroxyl groups is 1. The lowest BCUT2D eigenvalue weighted by atomic mass is 10.1. The summed E-state index contributed by atoms with van der Waals surface area (Å²) >= 11 is 1.62. The number of anilines is 3. The molecule has 0 aliphatic carbocycles. The van der Waals surface area contributed by atoms with Gasteiger partial charge in [-0.3, -0.25) is 9.25 Å². The molecule has 0 amide bonds. The van der Waals surface area contributed by atoms with Crippen LogP contribution >= 0.6 is 11.3 Å². The zero-order valence-corrected chi connectivity index (χ0v) is 17.5. The van der Waals surface area contributed by atoms with Crippen LogP contribution in [0.2, 0.25) is 0 Å². The van der Waals surface area contributed by atoms with Crippen LogP contribution in [-0.4, -0.2) is 41.0 Å². The molecule has 31 heavy (non-hydrogen) atoms. The topological polar surface area (TPSA) is 106 Å². The van der Waals surface area contributed by atoms with Crippen LogP contribution in [0.4, 0.5) is 17.6 Å². The van der Waals surface area contributed by atoms with Crippen molar-refractivity contribution >= 4 is 40.1 Å². The number of aromatic nitrogens is 6. The summed E-state index contributed by atoms with van der Waals surface area (Å²) < 4.78 is 3.68. The number of rotatable bonds is 7. The summed E-state index contributed by atoms with van der Waals surface area (Å²) in [5.41, 5.74) is 3.54. The summed E-state index contributed by atoms with van der Waals surface area (Å²) in [6, 6.07) is 11.1. The molecule has 5 aromatic rings. The summed E-state index contributed by atoms with van der Waals surface area (Å²) in [6.45, 7) is 0.660. The Kier molecular flexibility index (Phi) is 4.97. The maximum atomic E-state index is 9.46. The van der Waals surface area contributed by atoms with Crippen molar-refractivity contribution in [3.63, 3.8) is 0 Å². The highest BCUT2D eigenvalue weighted by Crippen LogP contribution is 2.25. The van der Waals surface area contributed by atoms with Crippen LogP contribution in [0, 0.1) is 0 Å². The largest absolute Gasteiger partial charge is 0.508 e. The molecule has 156 valence electrons. The smallest absolute Gasteiger partial charge is 0.232 e. The molecule has 0 aliphatic heterocycles. The molecule has 4 heterocycles. The molecule has 0 bridgehead atoms. The van der Waals surface area contributed by atoms with Gasteiger partial charge >= 0.3 is 0 Å². The molecule has 1 aromatic carbocycles. The average Bonchev–Trinajstić information content (AvgIpc) is 3.51. The zero-order valence-electron chi connectivity index (χ0n) is 16.7. The molecule has 4 aromatic heterocycles. The van der Waals surface area contributed by atoms with Crippen molar-refractivity contribution in [2.75, 3.05) is 17.2 Å². The van der Waals surface area contributed by atoms with E-state index in [0.717, 1.165) is 23.5 Å². The van der Waals surface area contributed by atoms with E-state index in [1.807, 2.05) is 41.3 Å². The number of thiophene rings is 1. The van der Waals surface area contributed by atoms with Crippen LogP contribution in [-0.2, 0) is 13.5 Å². The van der Waals surface area contributed by atoms with E-state index in [4.69, 9.17) is 4.98 Å². The van der Waals surface area contributed by atoms with Gasteiger partial charge in [0, 0.05) is 25.0 Å². The first-order valence-electron chi connectivity index (χ1n) is 9.72. The van der Waals surface area contributed by atoms with Crippen molar-refractivity contribution in [2.45, 2.75) is 6.42 Å². The summed E-state index contributed by atoms with van der Waals surface area (Å²) in [5, 5.41) is 24.3. The molecule has 0 aliphatic rings. The number of phenols is 1. The molecular weight excluding hydrogens is 412 g/mol. The molecule has 0 fully saturated rings. The van der Waals surface area contributed by atoms with Gasteiger partial charge < -0.3 is 15.7 Å². The van der Waals surface area contributed by atoms with Crippen LogP contribution in [0.15, 0.2) is 59.7 Å². The minimum absolute atomic E-state index is 0.263. The predicted molar refractivity (Wildman–Crippen MR) is 121 cm³/mol. The Bertz CT molecular complexity index is 1310. The van der Waals surface area contributed by atoms with Crippen molar-refractivity contribution in [1.29, 1.82) is 0 Å². The SMILES string of the molecule is Cn1nccc1Nc1nc(NCCc2ccc(O)cc2)c2ncn(-c3ccsc3)c2n1. The van der Waals surface area contributed by atoms with E-state index >= 15 is 0 Å². The summed E-state index contributed by atoms with van der Waals surface area (Å²) in [5.74, 6) is 2.16. The van der Waals surface area contributed by atoms with Crippen LogP contribution in [0.25, 0.3) is 16.9 Å². The van der Waals surface area contributed by atoms with E-state index < -0.39 is 0 Å². The van der Waals surface area contributed by atoms with Crippen LogP contribution in [0.1, 0.15) is 5.56 Å². The Morgan fingerprint density at radius 3 is 2.71 bits per heavy atom. The predicted octanol–water partition coefficient (Wildman–Crippen LogP) is 3.71. The number of nitrogens with one attached hydrogen (secondary N) is 2. The van der Waals surface area contributed by atoms with Gasteiger partial charge in [0.1, 0.15) is 17.9 Å². The fraction of sp³-hybridized carbons (Fsp3) is 0.143. The van der Waals surface area contributed by atoms with Crippen molar-refractivity contribution in [2.24, 2.45) is 7.05 Å². The lowest BCUT2D eigenvalue weighted by Gasteiger charge is -2.11. The van der Waals surface area contributed by atoms with Crippen LogP contribution in [0.5, 0.6) is 5.75 Å². The van der Waals surface area contributed by atoms with E-state index in [9.17, 15) is 5.11 Å². The number of hydrogen-bond acceptors (Lipinski definition) is 8. The molecule has 10 heteroatoms. The Balaban J connectivity index is 1.47. The molecule has 3 N–H and O–H groups in total. The number of benzene rings is 1. The van der Waals surface area contributed by atoms with Crippen molar-refractivity contribution in [3.05, 3.63) is 65.2 Å². The third-order valence-electron chi connectivity index (χ3n) is 4.88. The number of nitrogens with zero attached hydrogens (tertiary/aromatic N) is 6. The van der Waals surface area contributed by atoms with Gasteiger partial charge in [-0.15, -0.1) is 0 Å². The molecule has 0 saturated carbocycles. The van der Waals surface area contributed by atoms with E-state index in [0.29, 0.717) is 29.5 Å². The van der Waals surface area contributed by atoms with Crippen LogP contribution < -0.4 is 10.6 Å². The first-order valence-corrected chi connectivity index (χ1v) is 10.7. The normalized spacial score (nSPS) is 11.1. The lowest BCUT2D eigenvalue weighted by Crippen LogP contribution is -2.10. The maximum absolute atomic E-state index is 9.46. The highest BCUT2D eigenvalue weighted by atomic mass is 32.1. The fourth-order valence-corrected chi connectivity index (χ4v) is 3.89. The Hall–Kier alpha value is -3.92. The number of imidazole rings is 1. The van der Waals surface area contributed by atoms with Crippen LogP contribution in [0.3, 0.4) is 0 Å². The van der Waals surface area contributed by atoms with Gasteiger partial charge in [-0.05, 0) is 35.6 Å². The fourth-order valence-electron chi connectivity index (χ4n) is 3.26. The van der Waals surface area contributed by atoms with E-state index in [1.54, 1.807) is 40.7 Å². The third kappa shape index (κ3) is 3.92. The minimum Gasteiger partial charge on any atom is -0.508 e. The molecule has 0 atom stereocenters. The Labute approximate surface area is 182 Å². The molecule has 5 rings (SSSR count). The molecule has 0 saturated heterocycles. The zero-order chi connectivity index (χ0) is 21.2. The van der Waals surface area contributed by atoms with E-state index in [1.165, 1.54) is 0 Å². The number of fused-ring (bicyclic) bond motifs is 1. The number of phenolic OH excluding ortho intramolecular Hbond substituents is 1. The number of hydrogen-bond donors (Lipinski definition) is 3. The summed E-state index contributed by atoms with van der Waals surface area (Å²) in [6.07, 6.45) is 4.26. The Morgan fingerprint density at radius 2 is 1.97 bits per heavy atom. The second kappa shape index (κ2) is 8.07. The second-order valence-corrected chi connectivity index (χ2v) is 7.75. The summed E-state index contributed by atoms with van der Waals surface area (Å²) in [7, 11) is 1.85. The molecule has 0 spiro atoms. The maximum Gasteiger partial charge on any atom is 0.232 e. The second-order valence-electron chi connectivity index (χ2n) is 6.97. The molecule has 0 unspecified atom stereocenters. The monoisotopic (exact) mass is 432 g/mol. The van der Waals surface area contributed by atoms with Gasteiger partial charge in [0.25, 0.3) is 0 Å². The minimum atomic E-state index is 0.263. The van der Waals surface area contributed by atoms with Gasteiger partial charge in [0.2, 0.25) is 5.95 Å². The standard InChI is InChI=1S/C21H20N8OS/c1-28-17(7-10-24-28)25-21-26-19(22-9-6-14-2-4-16(30)5-3-14)18-20(27-21)29(13-23-18)15-8-11-31-12-15/h2-5,7-8,10-13,30H,6,9H2,1H3,(H2,22,25,26,27). The van der Waals surface area contributed by atoms with Crippen molar-refractivity contribution in [1.82, 2.24) is 29.3 Å². The Morgan fingerprint density at radius 1 is 1.10 bits per heavy atom. The van der Waals surface area contributed by atoms with Gasteiger partial charge in [-0.1, -0.05) is 12.1 Å². The van der Waals surface area contributed by atoms with E-state index in [-0.39, 0.29) is 5.75 Å². The van der Waals surface area contributed by atoms with E-state index in [2.05, 4.69) is 31.1 Å². The van der Waals surface area contributed by atoms with Gasteiger partial charge in [-0.25, -0.2) is 4.98 Å². The highest BCUT2D eigenvalue weighted by Gasteiger charge is 2.15. The highest BCUT2D eigenvalue weighted by molar-refractivity contribution is 7.08. The van der Waals surface area contributed by atoms with Crippen molar-refractivity contribution < 1.29 is 5.11 Å².